The van der Waals surface area contributed by atoms with Crippen molar-refractivity contribution in [3.63, 3.8) is 0 Å². The van der Waals surface area contributed by atoms with Crippen molar-refractivity contribution in [2.45, 2.75) is 50.5 Å². The summed E-state index contributed by atoms with van der Waals surface area (Å²) in [6.07, 6.45) is 9.45. The number of carbonyl (C=O) groups excluding carboxylic acids is 2. The van der Waals surface area contributed by atoms with E-state index in [1.807, 2.05) is 47.5 Å². The van der Waals surface area contributed by atoms with Gasteiger partial charge in [0.15, 0.2) is 0 Å². The van der Waals surface area contributed by atoms with E-state index in [-0.39, 0.29) is 36.0 Å². The van der Waals surface area contributed by atoms with Crippen molar-refractivity contribution in [2.24, 2.45) is 11.8 Å². The molecule has 165 valence electrons. The third-order valence-electron chi connectivity index (χ3n) is 7.40. The molecule has 1 aromatic heterocycles. The second kappa shape index (κ2) is 8.89. The van der Waals surface area contributed by atoms with E-state index in [1.54, 1.807) is 6.07 Å². The van der Waals surface area contributed by atoms with E-state index in [1.165, 1.54) is 6.07 Å². The predicted octanol–water partition coefficient (Wildman–Crippen LogP) is 5.35. The summed E-state index contributed by atoms with van der Waals surface area (Å²) in [7, 11) is 0. The third kappa shape index (κ3) is 3.85. The van der Waals surface area contributed by atoms with Crippen LogP contribution in [0.1, 0.15) is 55.6 Å². The second-order valence-electron chi connectivity index (χ2n) is 9.28. The second-order valence-corrected chi connectivity index (χ2v) is 9.28. The van der Waals surface area contributed by atoms with Gasteiger partial charge in [-0.1, -0.05) is 49.2 Å². The zero-order valence-corrected chi connectivity index (χ0v) is 18.1. The molecule has 2 heterocycles. The third-order valence-corrected chi connectivity index (χ3v) is 7.40. The lowest BCUT2D eigenvalue weighted by molar-refractivity contribution is -0.138. The summed E-state index contributed by atoms with van der Waals surface area (Å²) in [5.74, 6) is -0.334. The lowest BCUT2D eigenvalue weighted by Crippen LogP contribution is -2.53. The van der Waals surface area contributed by atoms with Crippen molar-refractivity contribution >= 4 is 23.1 Å². The minimum Gasteiger partial charge on any atom is -0.361 e. The topological polar surface area (TPSA) is 53.2 Å². The fourth-order valence-electron chi connectivity index (χ4n) is 5.88. The van der Waals surface area contributed by atoms with Crippen LogP contribution < -0.4 is 0 Å². The molecule has 0 bridgehead atoms. The molecule has 0 spiro atoms. The van der Waals surface area contributed by atoms with E-state index >= 15 is 0 Å². The molecule has 2 fully saturated rings. The molecule has 1 aliphatic heterocycles. The number of fused-ring (bicyclic) bond motifs is 2. The minimum atomic E-state index is -0.284. The Morgan fingerprint density at radius 2 is 1.94 bits per heavy atom. The number of aromatic amines is 1. The Morgan fingerprint density at radius 3 is 2.75 bits per heavy atom. The maximum absolute atomic E-state index is 14.8. The first-order chi connectivity index (χ1) is 15.7. The summed E-state index contributed by atoms with van der Waals surface area (Å²) >= 11 is 0. The number of halogens is 1. The van der Waals surface area contributed by atoms with Gasteiger partial charge in [-0.25, -0.2) is 4.39 Å². The zero-order valence-electron chi connectivity index (χ0n) is 18.1. The van der Waals surface area contributed by atoms with E-state index in [2.05, 4.69) is 11.3 Å². The maximum atomic E-state index is 14.8. The number of nitrogens with zero attached hydrogens (tertiary/aromatic N) is 1. The molecule has 1 radical (unpaired) electrons. The highest BCUT2D eigenvalue weighted by molar-refractivity contribution is 5.86. The number of nitrogens with one attached hydrogen (secondary N) is 1. The standard InChI is InChI=1S/C27H28FN2O2/c28-23-10-6-11-24-27(23)22(15-29-24)21(19-7-2-1-3-8-19)14-26(32)30-16-18(17-31)13-20-9-4-5-12-25(20)30/h1-3,6-8,10-11,15,18,20-21,25,29H,4-5,9,12-14,16H2. The van der Waals surface area contributed by atoms with Crippen molar-refractivity contribution in [3.8, 4) is 0 Å². The lowest BCUT2D eigenvalue weighted by atomic mass is 9.75. The summed E-state index contributed by atoms with van der Waals surface area (Å²) in [6.45, 7) is 0.452. The molecule has 3 aromatic rings. The lowest BCUT2D eigenvalue weighted by Gasteiger charge is -2.46. The number of aromatic nitrogens is 1. The predicted molar refractivity (Wildman–Crippen MR) is 122 cm³/mol. The number of likely N-dealkylation sites (tertiary alicyclic amines) is 1. The molecule has 32 heavy (non-hydrogen) atoms. The molecule has 1 amide bonds. The number of carbonyl (C=O) groups is 1. The molecular weight excluding hydrogens is 403 g/mol. The van der Waals surface area contributed by atoms with Crippen LogP contribution in [0.2, 0.25) is 0 Å². The van der Waals surface area contributed by atoms with Crippen molar-refractivity contribution < 1.29 is 14.0 Å². The highest BCUT2D eigenvalue weighted by Crippen LogP contribution is 2.40. The first-order valence-electron chi connectivity index (χ1n) is 11.6. The molecule has 4 nitrogen and oxygen atoms in total. The van der Waals surface area contributed by atoms with Crippen molar-refractivity contribution in [1.82, 2.24) is 9.88 Å². The number of amides is 1. The molecule has 2 aromatic carbocycles. The van der Waals surface area contributed by atoms with Crippen LogP contribution in [-0.4, -0.2) is 34.7 Å². The first-order valence-corrected chi connectivity index (χ1v) is 11.6. The van der Waals surface area contributed by atoms with Gasteiger partial charge in [-0.3, -0.25) is 9.59 Å². The van der Waals surface area contributed by atoms with Crippen LogP contribution in [0.15, 0.2) is 54.7 Å². The van der Waals surface area contributed by atoms with E-state index in [9.17, 15) is 14.0 Å². The average molecular weight is 432 g/mol. The summed E-state index contributed by atoms with van der Waals surface area (Å²) in [4.78, 5) is 30.3. The van der Waals surface area contributed by atoms with E-state index in [0.717, 1.165) is 48.7 Å². The minimum absolute atomic E-state index is 0.0430. The van der Waals surface area contributed by atoms with E-state index in [4.69, 9.17) is 0 Å². The number of piperidine rings is 1. The summed E-state index contributed by atoms with van der Waals surface area (Å²) in [5.41, 5.74) is 2.52. The zero-order chi connectivity index (χ0) is 22.1. The largest absolute Gasteiger partial charge is 0.361 e. The highest BCUT2D eigenvalue weighted by atomic mass is 19.1. The molecule has 5 heteroatoms. The van der Waals surface area contributed by atoms with Crippen molar-refractivity contribution in [1.29, 1.82) is 0 Å². The SMILES string of the molecule is O=[C]C1CC2CCCCC2N(C(=O)CC(c2ccccc2)c2c[nH]c3cccc(F)c23)C1. The van der Waals surface area contributed by atoms with E-state index in [0.29, 0.717) is 17.8 Å². The summed E-state index contributed by atoms with van der Waals surface area (Å²) in [5, 5.41) is 0.544. The molecule has 1 aliphatic carbocycles. The Kier molecular flexibility index (Phi) is 5.81. The van der Waals surface area contributed by atoms with Gasteiger partial charge in [0.25, 0.3) is 0 Å². The normalized spacial score (nSPS) is 24.2. The number of hydrogen-bond donors (Lipinski definition) is 1. The summed E-state index contributed by atoms with van der Waals surface area (Å²) < 4.78 is 14.8. The molecule has 2 aliphatic rings. The van der Waals surface area contributed by atoms with Crippen molar-refractivity contribution in [3.05, 3.63) is 71.7 Å². The monoisotopic (exact) mass is 431 g/mol. The van der Waals surface area contributed by atoms with Gasteiger partial charge in [-0.15, -0.1) is 0 Å². The van der Waals surface area contributed by atoms with Crippen LogP contribution in [0.4, 0.5) is 4.39 Å². The van der Waals surface area contributed by atoms with Crippen molar-refractivity contribution in [2.75, 3.05) is 6.54 Å². The number of hydrogen-bond acceptors (Lipinski definition) is 2. The van der Waals surface area contributed by atoms with Gasteiger partial charge in [0.1, 0.15) is 5.82 Å². The molecule has 4 unspecified atom stereocenters. The molecular formula is C27H28FN2O2. The number of H-pyrrole nitrogens is 1. The van der Waals surface area contributed by atoms with Gasteiger partial charge in [0.05, 0.1) is 0 Å². The molecule has 1 saturated heterocycles. The Bertz CT molecular complexity index is 1110. The Labute approximate surface area is 187 Å². The van der Waals surface area contributed by atoms with Gasteiger partial charge in [0.2, 0.25) is 12.2 Å². The van der Waals surface area contributed by atoms with Gasteiger partial charge in [0, 0.05) is 47.9 Å². The van der Waals surface area contributed by atoms with Gasteiger partial charge < -0.3 is 9.88 Å². The van der Waals surface area contributed by atoms with Gasteiger partial charge in [-0.2, -0.15) is 0 Å². The van der Waals surface area contributed by atoms with E-state index < -0.39 is 0 Å². The smallest absolute Gasteiger partial charge is 0.223 e. The van der Waals surface area contributed by atoms with Gasteiger partial charge in [-0.05, 0) is 48.4 Å². The fourth-order valence-corrected chi connectivity index (χ4v) is 5.88. The maximum Gasteiger partial charge on any atom is 0.223 e. The Hall–Kier alpha value is -2.95. The summed E-state index contributed by atoms with van der Waals surface area (Å²) in [6, 6.07) is 15.1. The van der Waals surface area contributed by atoms with Crippen LogP contribution in [-0.2, 0) is 9.59 Å². The highest BCUT2D eigenvalue weighted by Gasteiger charge is 2.40. The molecule has 1 saturated carbocycles. The van der Waals surface area contributed by atoms with Gasteiger partial charge >= 0.3 is 0 Å². The van der Waals surface area contributed by atoms with Crippen LogP contribution in [0.5, 0.6) is 0 Å². The molecule has 4 atom stereocenters. The fraction of sp³-hybridized carbons (Fsp3) is 0.407. The average Bonchev–Trinajstić information content (AvgIpc) is 3.27. The Morgan fingerprint density at radius 1 is 1.12 bits per heavy atom. The Balaban J connectivity index is 1.50. The van der Waals surface area contributed by atoms with Crippen LogP contribution >= 0.6 is 0 Å². The molecule has 5 rings (SSSR count). The first kappa shape index (κ1) is 20.9. The molecule has 1 N–H and O–H groups in total. The quantitative estimate of drug-likeness (QED) is 0.592. The van der Waals surface area contributed by atoms with Crippen LogP contribution in [0.25, 0.3) is 10.9 Å². The van der Waals surface area contributed by atoms with Crippen LogP contribution in [0.3, 0.4) is 0 Å². The van der Waals surface area contributed by atoms with Crippen LogP contribution in [0, 0.1) is 17.7 Å². The number of benzene rings is 2. The number of rotatable bonds is 5.